The number of pyridine rings is 1. The van der Waals surface area contributed by atoms with E-state index in [4.69, 9.17) is 10.4 Å². The Morgan fingerprint density at radius 1 is 1.37 bits per heavy atom. The number of nitrogens with one attached hydrogen (secondary N) is 1. The lowest BCUT2D eigenvalue weighted by Crippen LogP contribution is -2.53. The zero-order valence-corrected chi connectivity index (χ0v) is 15.6. The van der Waals surface area contributed by atoms with Crippen LogP contribution in [-0.4, -0.2) is 55.0 Å². The third-order valence-electron chi connectivity index (χ3n) is 4.62. The van der Waals surface area contributed by atoms with Crippen molar-refractivity contribution < 1.29 is 24.4 Å². The molecule has 0 fully saturated rings. The molecule has 1 aromatic carbocycles. The number of aromatic carboxylic acids is 1. The number of nitrogen functional groups attached to an aromatic ring is 1. The second-order valence-electron chi connectivity index (χ2n) is 6.76. The molecular weight excluding hydrogens is 391 g/mol. The number of nitrogens with zero attached hydrogens (tertiary/aromatic N) is 4. The van der Waals surface area contributed by atoms with Gasteiger partial charge in [0, 0.05) is 11.8 Å². The molecule has 0 spiro atoms. The Hall–Kier alpha value is -3.93. The number of para-hydroxylation sites is 1. The van der Waals surface area contributed by atoms with Crippen molar-refractivity contribution in [1.82, 2.24) is 25.3 Å². The monoisotopic (exact) mass is 408 g/mol. The summed E-state index contributed by atoms with van der Waals surface area (Å²) < 4.78 is 6.72. The average Bonchev–Trinajstić information content (AvgIpc) is 3.16. The highest BCUT2D eigenvalue weighted by Crippen LogP contribution is 2.30. The molecule has 5 N–H and O–H groups in total. The maximum Gasteiger partial charge on any atom is 0.547 e. The summed E-state index contributed by atoms with van der Waals surface area (Å²) in [6, 6.07) is 8.05. The van der Waals surface area contributed by atoms with Gasteiger partial charge in [0.1, 0.15) is 23.8 Å². The molecule has 3 heterocycles. The van der Waals surface area contributed by atoms with Crippen molar-refractivity contribution >= 4 is 24.8 Å². The Morgan fingerprint density at radius 3 is 2.97 bits per heavy atom. The number of fused-ring (bicyclic) bond motifs is 1. The van der Waals surface area contributed by atoms with Gasteiger partial charge < -0.3 is 25.8 Å². The lowest BCUT2D eigenvalue weighted by molar-refractivity contribution is -0.122. The summed E-state index contributed by atoms with van der Waals surface area (Å²) in [6.45, 7) is -0.126. The summed E-state index contributed by atoms with van der Waals surface area (Å²) >= 11 is 0. The van der Waals surface area contributed by atoms with E-state index in [0.717, 1.165) is 5.56 Å². The van der Waals surface area contributed by atoms with Crippen LogP contribution in [0.25, 0.3) is 11.3 Å². The number of anilines is 1. The largest absolute Gasteiger partial charge is 0.547 e. The molecule has 0 saturated carbocycles. The van der Waals surface area contributed by atoms with Gasteiger partial charge in [-0.2, -0.15) is 0 Å². The zero-order valence-electron chi connectivity index (χ0n) is 15.6. The molecule has 11 nitrogen and oxygen atoms in total. The van der Waals surface area contributed by atoms with Crippen LogP contribution in [0.3, 0.4) is 0 Å². The van der Waals surface area contributed by atoms with Crippen LogP contribution in [-0.2, 0) is 17.8 Å². The summed E-state index contributed by atoms with van der Waals surface area (Å²) in [7, 11) is -1.38. The molecule has 2 aromatic heterocycles. The number of amides is 1. The average molecular weight is 408 g/mol. The number of carboxylic acid groups (broad SMARTS) is 1. The quantitative estimate of drug-likeness (QED) is 0.417. The Kier molecular flexibility index (Phi) is 5.06. The van der Waals surface area contributed by atoms with Crippen molar-refractivity contribution in [3.63, 3.8) is 0 Å². The third kappa shape index (κ3) is 3.94. The predicted molar refractivity (Wildman–Crippen MR) is 105 cm³/mol. The fourth-order valence-corrected chi connectivity index (χ4v) is 3.23. The lowest BCUT2D eigenvalue weighted by Gasteiger charge is -2.28. The van der Waals surface area contributed by atoms with Gasteiger partial charge in [-0.25, -0.2) is 14.5 Å². The Bertz CT molecular complexity index is 1120. The number of carboxylic acids is 1. The van der Waals surface area contributed by atoms with Gasteiger partial charge in [-0.15, -0.1) is 5.10 Å². The van der Waals surface area contributed by atoms with E-state index in [9.17, 15) is 19.7 Å². The van der Waals surface area contributed by atoms with Crippen LogP contribution in [0.2, 0.25) is 0 Å². The number of rotatable bonds is 5. The van der Waals surface area contributed by atoms with Gasteiger partial charge in [-0.3, -0.25) is 4.79 Å². The minimum atomic E-state index is -1.38. The molecule has 0 aliphatic carbocycles. The first kappa shape index (κ1) is 19.4. The van der Waals surface area contributed by atoms with Crippen molar-refractivity contribution in [2.24, 2.45) is 0 Å². The summed E-state index contributed by atoms with van der Waals surface area (Å²) in [5.41, 5.74) is 7.46. The number of hydrogen-bond acceptors (Lipinski definition) is 8. The molecule has 12 heteroatoms. The van der Waals surface area contributed by atoms with Crippen molar-refractivity contribution in [3.8, 4) is 17.0 Å². The van der Waals surface area contributed by atoms with E-state index >= 15 is 0 Å². The van der Waals surface area contributed by atoms with Crippen LogP contribution in [0.4, 0.5) is 5.82 Å². The van der Waals surface area contributed by atoms with E-state index in [1.807, 2.05) is 0 Å². The summed E-state index contributed by atoms with van der Waals surface area (Å²) in [5.74, 6) is -1.85. The van der Waals surface area contributed by atoms with Crippen molar-refractivity contribution in [1.29, 1.82) is 0 Å². The highest BCUT2D eigenvalue weighted by atomic mass is 16.5. The molecule has 1 unspecified atom stereocenters. The predicted octanol–water partition coefficient (Wildman–Crippen LogP) is -0.240. The summed E-state index contributed by atoms with van der Waals surface area (Å²) in [4.78, 5) is 27.6. The molecule has 1 atom stereocenters. The van der Waals surface area contributed by atoms with Crippen LogP contribution in [0.1, 0.15) is 15.9 Å². The van der Waals surface area contributed by atoms with Gasteiger partial charge in [0.05, 0.1) is 17.7 Å². The second-order valence-corrected chi connectivity index (χ2v) is 6.76. The number of benzene rings is 1. The standard InChI is InChI=1S/C18H17BN6O5/c20-15-7-10(4-5-21-15)13-8-25(24-23-13)9-16(26)22-14-6-11-2-1-3-12(18(27)28)17(11)30-19(14)29/h1-5,7-8,14,29H,6,9H2,(H2,20,21)(H,22,26)(H,27,28). The number of aromatic nitrogens is 4. The van der Waals surface area contributed by atoms with Gasteiger partial charge in [-0.05, 0) is 30.2 Å². The van der Waals surface area contributed by atoms with Crippen LogP contribution in [0.5, 0.6) is 5.75 Å². The van der Waals surface area contributed by atoms with Gasteiger partial charge >= 0.3 is 13.1 Å². The molecule has 1 amide bonds. The van der Waals surface area contributed by atoms with Crippen molar-refractivity contribution in [2.75, 3.05) is 5.73 Å². The SMILES string of the molecule is Nc1cc(-c2cn(CC(=O)NC3Cc4cccc(C(=O)O)c4OB3O)nn2)ccn1. The number of hydrogen-bond donors (Lipinski definition) is 4. The Balaban J connectivity index is 1.42. The van der Waals surface area contributed by atoms with Crippen LogP contribution in [0.15, 0.2) is 42.7 Å². The van der Waals surface area contributed by atoms with Gasteiger partial charge in [0.25, 0.3) is 0 Å². The maximum absolute atomic E-state index is 12.4. The molecule has 152 valence electrons. The fourth-order valence-electron chi connectivity index (χ4n) is 3.23. The van der Waals surface area contributed by atoms with E-state index < -0.39 is 24.9 Å². The van der Waals surface area contributed by atoms with Crippen LogP contribution in [0, 0.1) is 0 Å². The van der Waals surface area contributed by atoms with Gasteiger partial charge in [-0.1, -0.05) is 17.3 Å². The first-order valence-corrected chi connectivity index (χ1v) is 9.02. The molecular formula is C18H17BN6O5. The first-order valence-electron chi connectivity index (χ1n) is 9.02. The molecule has 4 rings (SSSR count). The van der Waals surface area contributed by atoms with E-state index in [0.29, 0.717) is 17.1 Å². The fraction of sp³-hybridized carbons (Fsp3) is 0.167. The molecule has 0 saturated heterocycles. The normalized spacial score (nSPS) is 15.2. The van der Waals surface area contributed by atoms with Gasteiger partial charge in [0.2, 0.25) is 5.91 Å². The van der Waals surface area contributed by atoms with Gasteiger partial charge in [0.15, 0.2) is 0 Å². The number of carbonyl (C=O) groups excluding carboxylic acids is 1. The second kappa shape index (κ2) is 7.83. The van der Waals surface area contributed by atoms with E-state index in [1.54, 1.807) is 36.7 Å². The molecule has 3 aromatic rings. The molecule has 1 aliphatic rings. The molecule has 0 bridgehead atoms. The zero-order chi connectivity index (χ0) is 21.3. The molecule has 0 radical (unpaired) electrons. The molecule has 30 heavy (non-hydrogen) atoms. The van der Waals surface area contributed by atoms with E-state index in [-0.39, 0.29) is 24.3 Å². The van der Waals surface area contributed by atoms with Crippen LogP contribution < -0.4 is 15.7 Å². The maximum atomic E-state index is 12.4. The topological polar surface area (TPSA) is 165 Å². The molecule has 1 aliphatic heterocycles. The number of carbonyl (C=O) groups is 2. The van der Waals surface area contributed by atoms with Crippen molar-refractivity contribution in [3.05, 3.63) is 53.9 Å². The number of nitrogens with two attached hydrogens (primary N) is 1. The van der Waals surface area contributed by atoms with Crippen LogP contribution >= 0.6 is 0 Å². The Labute approximate surface area is 170 Å². The third-order valence-corrected chi connectivity index (χ3v) is 4.62. The Morgan fingerprint density at radius 2 is 2.20 bits per heavy atom. The minimum Gasteiger partial charge on any atom is -0.534 e. The van der Waals surface area contributed by atoms with Crippen molar-refractivity contribution in [2.45, 2.75) is 18.9 Å². The smallest absolute Gasteiger partial charge is 0.534 e. The summed E-state index contributed by atoms with van der Waals surface area (Å²) in [5, 5.41) is 30.1. The van der Waals surface area contributed by atoms with E-state index in [1.165, 1.54) is 10.7 Å². The highest BCUT2D eigenvalue weighted by Gasteiger charge is 2.37. The first-order chi connectivity index (χ1) is 14.4. The minimum absolute atomic E-state index is 0.0387. The summed E-state index contributed by atoms with van der Waals surface area (Å²) in [6.07, 6.45) is 3.37. The highest BCUT2D eigenvalue weighted by molar-refractivity contribution is 6.47. The van der Waals surface area contributed by atoms with E-state index in [2.05, 4.69) is 20.6 Å². The lowest BCUT2D eigenvalue weighted by atomic mass is 9.72.